The van der Waals surface area contributed by atoms with E-state index in [-0.39, 0.29) is 73.5 Å². The smallest absolute Gasteiger partial charge is 0.870 e. The van der Waals surface area contributed by atoms with Crippen LogP contribution >= 0.6 is 23.2 Å². The van der Waals surface area contributed by atoms with Crippen molar-refractivity contribution in [2.75, 3.05) is 11.9 Å². The SMILES string of the molecule is CCOc1cccc(Cl)c1NC(=O)c1cc2ccccc2c(N=Nc2cc(S(=O)(=O)O)c(CC)cc2Cl)c1[O-].[Na+]. The van der Waals surface area contributed by atoms with E-state index in [4.69, 9.17) is 27.9 Å². The topological polar surface area (TPSA) is 140 Å². The molecule has 0 saturated heterocycles. The number of benzene rings is 4. The Labute approximate surface area is 263 Å². The van der Waals surface area contributed by atoms with Gasteiger partial charge in [-0.2, -0.15) is 13.5 Å². The van der Waals surface area contributed by atoms with Crippen molar-refractivity contribution < 1.29 is 57.2 Å². The fourth-order valence-corrected chi connectivity index (χ4v) is 5.17. The van der Waals surface area contributed by atoms with Gasteiger partial charge in [-0.05, 0) is 54.6 Å². The third-order valence-corrected chi connectivity index (χ3v) is 7.33. The molecule has 202 valence electrons. The number of halogens is 2. The number of ether oxygens (including phenoxy) is 1. The van der Waals surface area contributed by atoms with Crippen molar-refractivity contribution in [3.05, 3.63) is 81.8 Å². The van der Waals surface area contributed by atoms with Gasteiger partial charge in [0, 0.05) is 10.9 Å². The van der Waals surface area contributed by atoms with Gasteiger partial charge in [-0.1, -0.05) is 66.2 Å². The van der Waals surface area contributed by atoms with Gasteiger partial charge in [0.15, 0.2) is 0 Å². The maximum atomic E-state index is 13.5. The monoisotopic (exact) mass is 609 g/mol. The van der Waals surface area contributed by atoms with Crippen LogP contribution in [-0.2, 0) is 16.5 Å². The van der Waals surface area contributed by atoms with E-state index in [9.17, 15) is 22.9 Å². The molecule has 4 aromatic rings. The maximum absolute atomic E-state index is 13.5. The van der Waals surface area contributed by atoms with Gasteiger partial charge in [0.1, 0.15) is 17.1 Å². The number of hydrogen-bond acceptors (Lipinski definition) is 7. The molecule has 0 unspecified atom stereocenters. The Hall–Kier alpha value is -2.70. The van der Waals surface area contributed by atoms with Gasteiger partial charge in [0.2, 0.25) is 0 Å². The molecule has 1 amide bonds. The molecule has 0 spiro atoms. The van der Waals surface area contributed by atoms with Crippen molar-refractivity contribution in [3.8, 4) is 11.5 Å². The molecule has 13 heteroatoms. The Morgan fingerprint density at radius 1 is 1.02 bits per heavy atom. The number of nitrogens with one attached hydrogen (secondary N) is 1. The van der Waals surface area contributed by atoms with Gasteiger partial charge in [0.05, 0.1) is 27.2 Å². The van der Waals surface area contributed by atoms with E-state index in [1.807, 2.05) is 0 Å². The van der Waals surface area contributed by atoms with Crippen molar-refractivity contribution in [3.63, 3.8) is 0 Å². The Kier molecular flexibility index (Phi) is 10.6. The number of fused-ring (bicyclic) bond motifs is 1. The van der Waals surface area contributed by atoms with Gasteiger partial charge in [-0.3, -0.25) is 9.35 Å². The molecule has 0 aliphatic carbocycles. The largest absolute Gasteiger partial charge is 1.00 e. The normalized spacial score (nSPS) is 11.4. The Bertz CT molecular complexity index is 1730. The first-order chi connectivity index (χ1) is 18.5. The molecule has 0 aromatic heterocycles. The summed E-state index contributed by atoms with van der Waals surface area (Å²) in [5, 5.41) is 25.5. The summed E-state index contributed by atoms with van der Waals surface area (Å²) in [6, 6.07) is 15.5. The molecule has 0 atom stereocenters. The van der Waals surface area contributed by atoms with Crippen molar-refractivity contribution >= 4 is 67.1 Å². The van der Waals surface area contributed by atoms with E-state index >= 15 is 0 Å². The van der Waals surface area contributed by atoms with Crippen molar-refractivity contribution in [1.29, 1.82) is 0 Å². The van der Waals surface area contributed by atoms with E-state index < -0.39 is 21.8 Å². The van der Waals surface area contributed by atoms with Crippen LogP contribution in [0.1, 0.15) is 29.8 Å². The summed E-state index contributed by atoms with van der Waals surface area (Å²) in [4.78, 5) is 12.9. The number of carbonyl (C=O) groups excluding carboxylic acids is 1. The fraction of sp³-hybridized carbons (Fsp3) is 0.148. The molecule has 0 radical (unpaired) electrons. The average molecular weight is 610 g/mol. The van der Waals surface area contributed by atoms with E-state index in [0.29, 0.717) is 28.7 Å². The number of azo groups is 1. The van der Waals surface area contributed by atoms with Crippen LogP contribution in [0.25, 0.3) is 10.8 Å². The Morgan fingerprint density at radius 2 is 1.75 bits per heavy atom. The number of anilines is 1. The molecular formula is C27H22Cl2N3NaO6S. The van der Waals surface area contributed by atoms with Crippen LogP contribution in [0.3, 0.4) is 0 Å². The number of aryl methyl sites for hydroxylation is 1. The fourth-order valence-electron chi connectivity index (χ4n) is 3.94. The minimum absolute atomic E-state index is 0. The molecule has 4 aromatic carbocycles. The van der Waals surface area contributed by atoms with E-state index in [1.165, 1.54) is 12.1 Å². The van der Waals surface area contributed by atoms with Gasteiger partial charge < -0.3 is 15.2 Å². The van der Waals surface area contributed by atoms with Crippen LogP contribution in [0.4, 0.5) is 17.1 Å². The second-order valence-electron chi connectivity index (χ2n) is 8.26. The van der Waals surface area contributed by atoms with Crippen LogP contribution in [0.5, 0.6) is 11.5 Å². The zero-order valence-corrected chi connectivity index (χ0v) is 26.1. The van der Waals surface area contributed by atoms with E-state index in [2.05, 4.69) is 15.5 Å². The van der Waals surface area contributed by atoms with Crippen LogP contribution < -0.4 is 44.7 Å². The minimum Gasteiger partial charge on any atom is -0.870 e. The number of para-hydroxylation sites is 1. The standard InChI is InChI=1S/C27H23Cl2N3O6S.Na/c1-3-15-13-20(29)21(14-23(15)39(35,36)37)31-32-24-17-9-6-5-8-16(17)12-18(26(24)33)27(34)30-25-19(28)10-7-11-22(25)38-4-2;/h5-14,33H,3-4H2,1-2H3,(H,30,34)(H,35,36,37);/q;+1/p-1. The summed E-state index contributed by atoms with van der Waals surface area (Å²) in [5.41, 5.74) is 0.0307. The summed E-state index contributed by atoms with van der Waals surface area (Å²) in [7, 11) is -4.57. The molecule has 40 heavy (non-hydrogen) atoms. The molecule has 0 heterocycles. The zero-order valence-electron chi connectivity index (χ0n) is 21.7. The third-order valence-electron chi connectivity index (χ3n) is 5.78. The summed E-state index contributed by atoms with van der Waals surface area (Å²) < 4.78 is 38.9. The number of hydrogen-bond donors (Lipinski definition) is 2. The third kappa shape index (κ3) is 6.77. The van der Waals surface area contributed by atoms with Crippen molar-refractivity contribution in [1.82, 2.24) is 0 Å². The molecule has 0 bridgehead atoms. The van der Waals surface area contributed by atoms with Crippen LogP contribution in [0.15, 0.2) is 75.8 Å². The first kappa shape index (κ1) is 31.8. The van der Waals surface area contributed by atoms with Gasteiger partial charge >= 0.3 is 29.6 Å². The first-order valence-electron chi connectivity index (χ1n) is 11.7. The number of nitrogens with zero attached hydrogens (tertiary/aromatic N) is 2. The summed E-state index contributed by atoms with van der Waals surface area (Å²) in [6.45, 7) is 3.81. The molecule has 0 aliphatic rings. The summed E-state index contributed by atoms with van der Waals surface area (Å²) in [5.74, 6) is -1.13. The summed E-state index contributed by atoms with van der Waals surface area (Å²) >= 11 is 12.6. The predicted molar refractivity (Wildman–Crippen MR) is 149 cm³/mol. The number of rotatable bonds is 8. The Morgan fingerprint density at radius 3 is 2.42 bits per heavy atom. The molecule has 0 aliphatic heterocycles. The first-order valence-corrected chi connectivity index (χ1v) is 13.9. The quantitative estimate of drug-likeness (QED) is 0.175. The van der Waals surface area contributed by atoms with Gasteiger partial charge in [-0.15, -0.1) is 5.11 Å². The molecule has 0 saturated carbocycles. The van der Waals surface area contributed by atoms with Crippen LogP contribution in [-0.4, -0.2) is 25.5 Å². The van der Waals surface area contributed by atoms with E-state index in [1.54, 1.807) is 56.3 Å². The molecule has 0 fully saturated rings. The van der Waals surface area contributed by atoms with E-state index in [0.717, 1.165) is 6.07 Å². The summed E-state index contributed by atoms with van der Waals surface area (Å²) in [6.07, 6.45) is 0.287. The second-order valence-corrected chi connectivity index (χ2v) is 10.5. The predicted octanol–water partition coefficient (Wildman–Crippen LogP) is 4.10. The zero-order chi connectivity index (χ0) is 28.3. The molecule has 4 rings (SSSR count). The molecular weight excluding hydrogens is 588 g/mol. The maximum Gasteiger partial charge on any atom is 1.00 e. The number of carbonyl (C=O) groups is 1. The van der Waals surface area contributed by atoms with Crippen LogP contribution in [0, 0.1) is 0 Å². The van der Waals surface area contributed by atoms with Crippen molar-refractivity contribution in [2.24, 2.45) is 10.2 Å². The van der Waals surface area contributed by atoms with Crippen molar-refractivity contribution in [2.45, 2.75) is 25.2 Å². The Balaban J connectivity index is 0.00000441. The van der Waals surface area contributed by atoms with Gasteiger partial charge in [0.25, 0.3) is 16.0 Å². The second kappa shape index (κ2) is 13.3. The van der Waals surface area contributed by atoms with Gasteiger partial charge in [-0.25, -0.2) is 0 Å². The average Bonchev–Trinajstić information content (AvgIpc) is 2.89. The minimum atomic E-state index is -4.57. The molecule has 9 nitrogen and oxygen atoms in total. The van der Waals surface area contributed by atoms with Crippen LogP contribution in [0.2, 0.25) is 10.0 Å². The number of amides is 1. The molecule has 2 N–H and O–H groups in total.